The lowest BCUT2D eigenvalue weighted by molar-refractivity contribution is -0.257. The molecule has 186 valence electrons. The zero-order chi connectivity index (χ0) is 24.7. The van der Waals surface area contributed by atoms with E-state index in [-0.39, 0.29) is 52.3 Å². The molecular weight excluding hydrogens is 444 g/mol. The summed E-state index contributed by atoms with van der Waals surface area (Å²) >= 11 is 0. The first-order valence-corrected chi connectivity index (χ1v) is 11.0. The molecule has 0 radical (unpaired) electrons. The number of aliphatic hydroxyl groups is 2. The lowest BCUT2D eigenvalue weighted by Crippen LogP contribution is -2.50. The molecular formula is C25H32O9. The first-order valence-electron chi connectivity index (χ1n) is 11.0. The first-order chi connectivity index (χ1) is 16.5. The molecule has 0 saturated heterocycles. The smallest absolute Gasteiger partial charge is 0.343 e. The number of ether oxygens (including phenoxy) is 3. The second-order valence-corrected chi connectivity index (χ2v) is 7.79. The molecule has 9 heteroatoms. The number of carbonyl (C=O) groups is 2. The molecule has 9 nitrogen and oxygen atoms in total. The molecule has 2 aromatic rings. The number of benzene rings is 2. The van der Waals surface area contributed by atoms with Crippen LogP contribution in [-0.4, -0.2) is 65.4 Å². The summed E-state index contributed by atoms with van der Waals surface area (Å²) < 4.78 is 16.9. The van der Waals surface area contributed by atoms with Crippen LogP contribution in [0.1, 0.15) is 30.4 Å². The topological polar surface area (TPSA) is 132 Å². The number of carbonyl (C=O) groups excluding carboxylic acids is 2. The van der Waals surface area contributed by atoms with E-state index in [1.54, 1.807) is 24.3 Å². The summed E-state index contributed by atoms with van der Waals surface area (Å²) in [5.41, 5.74) is 0.0827. The molecule has 0 fully saturated rings. The van der Waals surface area contributed by atoms with Gasteiger partial charge in [0.1, 0.15) is 12.2 Å². The second kappa shape index (κ2) is 15.3. The first kappa shape index (κ1) is 27.6. The molecule has 0 amide bonds. The van der Waals surface area contributed by atoms with Crippen LogP contribution in [0.4, 0.5) is 0 Å². The minimum atomic E-state index is -1.65. The summed E-state index contributed by atoms with van der Waals surface area (Å²) in [5.74, 6) is -1.52. The number of ketones is 1. The highest BCUT2D eigenvalue weighted by Crippen LogP contribution is 2.22. The molecule has 0 aliphatic carbocycles. The molecule has 3 N–H and O–H groups in total. The Balaban J connectivity index is 2.15. The lowest BCUT2D eigenvalue weighted by atomic mass is 10.0. The van der Waals surface area contributed by atoms with E-state index in [0.717, 1.165) is 11.1 Å². The number of hydrogen-bond acceptors (Lipinski definition) is 9. The Hall–Kier alpha value is -2.66. The van der Waals surface area contributed by atoms with E-state index in [9.17, 15) is 14.7 Å². The van der Waals surface area contributed by atoms with E-state index in [4.69, 9.17) is 24.6 Å². The number of Topliss-reactive ketones (excluding diaryl/α,β-unsaturated/α-hetero) is 1. The predicted octanol–water partition coefficient (Wildman–Crippen LogP) is 2.28. The average molecular weight is 477 g/mol. The van der Waals surface area contributed by atoms with Crippen molar-refractivity contribution in [1.29, 1.82) is 0 Å². The van der Waals surface area contributed by atoms with Gasteiger partial charge in [-0.3, -0.25) is 10.1 Å². The van der Waals surface area contributed by atoms with Gasteiger partial charge >= 0.3 is 5.97 Å². The summed E-state index contributed by atoms with van der Waals surface area (Å²) in [5, 5.41) is 28.1. The van der Waals surface area contributed by atoms with Crippen LogP contribution in [0.5, 0.6) is 0 Å². The van der Waals surface area contributed by atoms with E-state index in [2.05, 4.69) is 4.89 Å². The molecule has 2 rings (SSSR count). The zero-order valence-electron chi connectivity index (χ0n) is 19.0. The largest absolute Gasteiger partial charge is 0.459 e. The van der Waals surface area contributed by atoms with E-state index in [1.165, 1.54) is 0 Å². The van der Waals surface area contributed by atoms with Crippen molar-refractivity contribution < 1.29 is 44.2 Å². The minimum Gasteiger partial charge on any atom is -0.459 e. The van der Waals surface area contributed by atoms with Crippen molar-refractivity contribution in [1.82, 2.24) is 0 Å². The normalized spacial score (nSPS) is 13.7. The third-order valence-corrected chi connectivity index (χ3v) is 5.09. The summed E-state index contributed by atoms with van der Waals surface area (Å²) in [6.07, 6.45) is -1.70. The van der Waals surface area contributed by atoms with E-state index in [1.807, 2.05) is 36.4 Å². The highest BCUT2D eigenvalue weighted by atomic mass is 17.1. The van der Waals surface area contributed by atoms with Gasteiger partial charge in [-0.2, -0.15) is 0 Å². The maximum Gasteiger partial charge on any atom is 0.343 e. The summed E-state index contributed by atoms with van der Waals surface area (Å²) in [7, 11) is 0. The van der Waals surface area contributed by atoms with Crippen molar-refractivity contribution in [3.05, 3.63) is 71.8 Å². The monoisotopic (exact) mass is 476 g/mol. The maximum absolute atomic E-state index is 12.9. The van der Waals surface area contributed by atoms with Crippen molar-refractivity contribution >= 4 is 11.8 Å². The van der Waals surface area contributed by atoms with Crippen LogP contribution in [-0.2, 0) is 41.9 Å². The van der Waals surface area contributed by atoms with Gasteiger partial charge in [-0.05, 0) is 17.5 Å². The van der Waals surface area contributed by atoms with Crippen molar-refractivity contribution in [3.63, 3.8) is 0 Å². The van der Waals surface area contributed by atoms with Crippen LogP contribution >= 0.6 is 0 Å². The quantitative estimate of drug-likeness (QED) is 0.136. The lowest BCUT2D eigenvalue weighted by Gasteiger charge is -2.34. The molecule has 2 aromatic carbocycles. The van der Waals surface area contributed by atoms with Crippen LogP contribution in [0.3, 0.4) is 0 Å². The standard InChI is InChI=1S/C25H32O9/c26-14-7-12-22(28)23(24(29)32-17-21-10-5-2-6-11-21)34-25(18-27,13-15-33-30)19-31-16-20-8-3-1-4-9-20/h1-6,8-11,23,26-27,30H,7,12-19H2. The van der Waals surface area contributed by atoms with Gasteiger partial charge in [0, 0.05) is 19.4 Å². The summed E-state index contributed by atoms with van der Waals surface area (Å²) in [6, 6.07) is 18.2. The molecule has 0 saturated carbocycles. The van der Waals surface area contributed by atoms with Gasteiger partial charge in [-0.1, -0.05) is 60.7 Å². The van der Waals surface area contributed by atoms with Crippen LogP contribution in [0.25, 0.3) is 0 Å². The number of hydrogen-bond donors (Lipinski definition) is 3. The highest BCUT2D eigenvalue weighted by molar-refractivity contribution is 6.02. The van der Waals surface area contributed by atoms with Gasteiger partial charge < -0.3 is 24.4 Å². The fourth-order valence-corrected chi connectivity index (χ4v) is 3.17. The number of rotatable bonds is 17. The molecule has 0 aliphatic heterocycles. The Morgan fingerprint density at radius 2 is 1.53 bits per heavy atom. The number of aliphatic hydroxyl groups excluding tert-OH is 2. The fraction of sp³-hybridized carbons (Fsp3) is 0.440. The molecule has 34 heavy (non-hydrogen) atoms. The van der Waals surface area contributed by atoms with Crippen molar-refractivity contribution in [3.8, 4) is 0 Å². The van der Waals surface area contributed by atoms with Crippen LogP contribution in [0, 0.1) is 0 Å². The Morgan fingerprint density at radius 3 is 2.09 bits per heavy atom. The highest BCUT2D eigenvalue weighted by Gasteiger charge is 2.40. The molecule has 2 unspecified atom stereocenters. The molecule has 0 heterocycles. The number of esters is 1. The third-order valence-electron chi connectivity index (χ3n) is 5.09. The SMILES string of the molecule is O=C(CCCO)C(OC(CO)(CCOO)COCc1ccccc1)C(=O)OCc1ccccc1. The average Bonchev–Trinajstić information content (AvgIpc) is 2.88. The van der Waals surface area contributed by atoms with Crippen LogP contribution in [0.2, 0.25) is 0 Å². The Bertz CT molecular complexity index is 844. The zero-order valence-corrected chi connectivity index (χ0v) is 19.0. The van der Waals surface area contributed by atoms with Crippen LogP contribution < -0.4 is 0 Å². The minimum absolute atomic E-state index is 0.0649. The predicted molar refractivity (Wildman–Crippen MR) is 122 cm³/mol. The van der Waals surface area contributed by atoms with Crippen molar-refractivity contribution in [2.24, 2.45) is 0 Å². The van der Waals surface area contributed by atoms with Crippen molar-refractivity contribution in [2.45, 2.75) is 44.2 Å². The van der Waals surface area contributed by atoms with Gasteiger partial charge in [-0.15, -0.1) is 0 Å². The molecule has 0 aliphatic rings. The Labute approximate surface area is 198 Å². The van der Waals surface area contributed by atoms with Gasteiger partial charge in [0.05, 0.1) is 26.4 Å². The molecule has 0 aromatic heterocycles. The molecule has 2 atom stereocenters. The molecule has 0 bridgehead atoms. The van der Waals surface area contributed by atoms with Gasteiger partial charge in [0.25, 0.3) is 0 Å². The van der Waals surface area contributed by atoms with Gasteiger partial charge in [0.15, 0.2) is 5.78 Å². The Morgan fingerprint density at radius 1 is 0.912 bits per heavy atom. The van der Waals surface area contributed by atoms with E-state index < -0.39 is 30.1 Å². The second-order valence-electron chi connectivity index (χ2n) is 7.79. The fourth-order valence-electron chi connectivity index (χ4n) is 3.17. The maximum atomic E-state index is 12.9. The van der Waals surface area contributed by atoms with Gasteiger partial charge in [0.2, 0.25) is 6.10 Å². The third kappa shape index (κ3) is 9.30. The van der Waals surface area contributed by atoms with Crippen LogP contribution in [0.15, 0.2) is 60.7 Å². The summed E-state index contributed by atoms with van der Waals surface area (Å²) in [4.78, 5) is 29.8. The van der Waals surface area contributed by atoms with E-state index >= 15 is 0 Å². The summed E-state index contributed by atoms with van der Waals surface area (Å²) in [6.45, 7) is -1.12. The molecule has 0 spiro atoms. The van der Waals surface area contributed by atoms with Gasteiger partial charge in [-0.25, -0.2) is 9.68 Å². The van der Waals surface area contributed by atoms with Crippen molar-refractivity contribution in [2.75, 3.05) is 26.4 Å². The van der Waals surface area contributed by atoms with E-state index in [0.29, 0.717) is 0 Å². The Kier molecular flexibility index (Phi) is 12.4.